The van der Waals surface area contributed by atoms with Crippen LogP contribution in [-0.2, 0) is 0 Å². The molecule has 1 saturated heterocycles. The van der Waals surface area contributed by atoms with E-state index in [1.165, 1.54) is 50.4 Å². The zero-order valence-corrected chi connectivity index (χ0v) is 9.48. The Morgan fingerprint density at radius 2 is 1.92 bits per heavy atom. The number of rotatable bonds is 4. The zero-order valence-electron chi connectivity index (χ0n) is 8.67. The Labute approximate surface area is 86.3 Å². The van der Waals surface area contributed by atoms with Gasteiger partial charge in [-0.15, -0.1) is 0 Å². The third-order valence-electron chi connectivity index (χ3n) is 3.56. The molecule has 1 aliphatic heterocycles. The van der Waals surface area contributed by atoms with Crippen molar-refractivity contribution in [2.45, 2.75) is 26.2 Å². The third kappa shape index (κ3) is 2.41. The first-order valence-electron chi connectivity index (χ1n) is 5.70. The van der Waals surface area contributed by atoms with E-state index in [-0.39, 0.29) is 0 Å². The third-order valence-corrected chi connectivity index (χ3v) is 4.44. The van der Waals surface area contributed by atoms with Gasteiger partial charge < -0.3 is 4.90 Å². The maximum Gasteiger partial charge on any atom is 0.00726 e. The molecular formula is C11H21NS. The minimum absolute atomic E-state index is 1.08. The molecule has 0 aromatic carbocycles. The minimum atomic E-state index is 1.08. The summed E-state index contributed by atoms with van der Waals surface area (Å²) in [5.41, 5.74) is 0. The van der Waals surface area contributed by atoms with E-state index in [9.17, 15) is 0 Å². The predicted octanol–water partition coefficient (Wildman–Crippen LogP) is 2.47. The number of fused-ring (bicyclic) bond motifs is 1. The Balaban J connectivity index is 1.67. The maximum atomic E-state index is 2.69. The molecule has 0 spiro atoms. The van der Waals surface area contributed by atoms with E-state index in [4.69, 9.17) is 0 Å². The molecule has 1 aliphatic carbocycles. The summed E-state index contributed by atoms with van der Waals surface area (Å²) in [6, 6.07) is 0. The standard InChI is InChI=1S/C11H21NS/c1-2-13-7-6-12-8-10-4-3-5-11(10)9-12/h10-11H,2-9H2,1H3. The molecule has 1 heterocycles. The van der Waals surface area contributed by atoms with Crippen molar-refractivity contribution in [2.24, 2.45) is 11.8 Å². The molecule has 2 heteroatoms. The van der Waals surface area contributed by atoms with Crippen LogP contribution in [0.15, 0.2) is 0 Å². The van der Waals surface area contributed by atoms with Gasteiger partial charge >= 0.3 is 0 Å². The topological polar surface area (TPSA) is 3.24 Å². The molecule has 0 aromatic heterocycles. The molecular weight excluding hydrogens is 178 g/mol. The lowest BCUT2D eigenvalue weighted by atomic mass is 10.0. The highest BCUT2D eigenvalue weighted by atomic mass is 32.2. The van der Waals surface area contributed by atoms with Crippen molar-refractivity contribution in [2.75, 3.05) is 31.1 Å². The Bertz CT molecular complexity index is 148. The molecule has 0 radical (unpaired) electrons. The largest absolute Gasteiger partial charge is 0.302 e. The van der Waals surface area contributed by atoms with Crippen molar-refractivity contribution < 1.29 is 0 Å². The minimum Gasteiger partial charge on any atom is -0.302 e. The Kier molecular flexibility index (Phi) is 3.56. The van der Waals surface area contributed by atoms with Crippen LogP contribution in [0.5, 0.6) is 0 Å². The number of thioether (sulfide) groups is 1. The number of nitrogens with zero attached hydrogens (tertiary/aromatic N) is 1. The molecule has 13 heavy (non-hydrogen) atoms. The first kappa shape index (κ1) is 9.85. The Morgan fingerprint density at radius 3 is 2.54 bits per heavy atom. The van der Waals surface area contributed by atoms with Gasteiger partial charge in [0, 0.05) is 25.4 Å². The highest BCUT2D eigenvalue weighted by Gasteiger charge is 2.35. The van der Waals surface area contributed by atoms with Gasteiger partial charge in [0.25, 0.3) is 0 Å². The molecule has 1 saturated carbocycles. The summed E-state index contributed by atoms with van der Waals surface area (Å²) in [5, 5.41) is 0. The molecule has 2 aliphatic rings. The number of likely N-dealkylation sites (tertiary alicyclic amines) is 1. The van der Waals surface area contributed by atoms with E-state index >= 15 is 0 Å². The smallest absolute Gasteiger partial charge is 0.00726 e. The summed E-state index contributed by atoms with van der Waals surface area (Å²) < 4.78 is 0. The summed E-state index contributed by atoms with van der Waals surface area (Å²) in [5.74, 6) is 4.77. The van der Waals surface area contributed by atoms with Crippen LogP contribution in [-0.4, -0.2) is 36.0 Å². The van der Waals surface area contributed by atoms with Gasteiger partial charge in [-0.25, -0.2) is 0 Å². The Hall–Kier alpha value is 0.310. The van der Waals surface area contributed by atoms with E-state index < -0.39 is 0 Å². The average molecular weight is 199 g/mol. The lowest BCUT2D eigenvalue weighted by Gasteiger charge is -2.15. The summed E-state index contributed by atoms with van der Waals surface area (Å²) in [6.07, 6.45) is 4.54. The molecule has 2 fully saturated rings. The predicted molar refractivity (Wildman–Crippen MR) is 60.3 cm³/mol. The van der Waals surface area contributed by atoms with Crippen molar-refractivity contribution in [1.82, 2.24) is 4.90 Å². The summed E-state index contributed by atoms with van der Waals surface area (Å²) >= 11 is 2.08. The average Bonchev–Trinajstić information content (AvgIpc) is 2.64. The van der Waals surface area contributed by atoms with Gasteiger partial charge in [-0.05, 0) is 30.4 Å². The lowest BCUT2D eigenvalue weighted by molar-refractivity contribution is 0.331. The van der Waals surface area contributed by atoms with Crippen LogP contribution < -0.4 is 0 Å². The van der Waals surface area contributed by atoms with Gasteiger partial charge in [0.15, 0.2) is 0 Å². The lowest BCUT2D eigenvalue weighted by Crippen LogP contribution is -2.24. The molecule has 0 aromatic rings. The van der Waals surface area contributed by atoms with Crippen molar-refractivity contribution in [3.63, 3.8) is 0 Å². The normalized spacial score (nSPS) is 33.9. The quantitative estimate of drug-likeness (QED) is 0.640. The van der Waals surface area contributed by atoms with Gasteiger partial charge in [-0.2, -0.15) is 11.8 Å². The van der Waals surface area contributed by atoms with Crippen LogP contribution >= 0.6 is 11.8 Å². The highest BCUT2D eigenvalue weighted by molar-refractivity contribution is 7.99. The van der Waals surface area contributed by atoms with Gasteiger partial charge in [0.1, 0.15) is 0 Å². The molecule has 1 nitrogen and oxygen atoms in total. The summed E-state index contributed by atoms with van der Waals surface area (Å²) in [6.45, 7) is 6.42. The van der Waals surface area contributed by atoms with E-state index in [0.717, 1.165) is 11.8 Å². The molecule has 2 atom stereocenters. The molecule has 2 unspecified atom stereocenters. The molecule has 2 rings (SSSR count). The fourth-order valence-electron chi connectivity index (χ4n) is 2.85. The highest BCUT2D eigenvalue weighted by Crippen LogP contribution is 2.37. The SMILES string of the molecule is CCSCCN1CC2CCCC2C1. The van der Waals surface area contributed by atoms with E-state index in [1.54, 1.807) is 0 Å². The van der Waals surface area contributed by atoms with Gasteiger partial charge in [-0.3, -0.25) is 0 Å². The van der Waals surface area contributed by atoms with Crippen LogP contribution in [0, 0.1) is 11.8 Å². The molecule has 0 N–H and O–H groups in total. The monoisotopic (exact) mass is 199 g/mol. The van der Waals surface area contributed by atoms with Crippen LogP contribution in [0.3, 0.4) is 0 Å². The molecule has 76 valence electrons. The fraction of sp³-hybridized carbons (Fsp3) is 1.00. The van der Waals surface area contributed by atoms with Crippen molar-refractivity contribution in [1.29, 1.82) is 0 Å². The van der Waals surface area contributed by atoms with Gasteiger partial charge in [0.2, 0.25) is 0 Å². The van der Waals surface area contributed by atoms with Crippen molar-refractivity contribution >= 4 is 11.8 Å². The van der Waals surface area contributed by atoms with Crippen LogP contribution in [0.25, 0.3) is 0 Å². The van der Waals surface area contributed by atoms with Gasteiger partial charge in [0.05, 0.1) is 0 Å². The van der Waals surface area contributed by atoms with E-state index in [2.05, 4.69) is 23.6 Å². The van der Waals surface area contributed by atoms with Crippen molar-refractivity contribution in [3.05, 3.63) is 0 Å². The second-order valence-electron chi connectivity index (χ2n) is 4.41. The van der Waals surface area contributed by atoms with Crippen molar-refractivity contribution in [3.8, 4) is 0 Å². The number of hydrogen-bond acceptors (Lipinski definition) is 2. The Morgan fingerprint density at radius 1 is 1.23 bits per heavy atom. The summed E-state index contributed by atoms with van der Waals surface area (Å²) in [7, 11) is 0. The van der Waals surface area contributed by atoms with E-state index in [0.29, 0.717) is 0 Å². The maximum absolute atomic E-state index is 2.69. The fourth-order valence-corrected chi connectivity index (χ4v) is 3.53. The number of hydrogen-bond donors (Lipinski definition) is 0. The first-order chi connectivity index (χ1) is 6.40. The zero-order chi connectivity index (χ0) is 9.10. The van der Waals surface area contributed by atoms with E-state index in [1.807, 2.05) is 0 Å². The van der Waals surface area contributed by atoms with Crippen LogP contribution in [0.1, 0.15) is 26.2 Å². The van der Waals surface area contributed by atoms with Crippen LogP contribution in [0.2, 0.25) is 0 Å². The molecule has 0 amide bonds. The molecule has 0 bridgehead atoms. The van der Waals surface area contributed by atoms with Gasteiger partial charge in [-0.1, -0.05) is 13.3 Å². The van der Waals surface area contributed by atoms with Crippen LogP contribution in [0.4, 0.5) is 0 Å². The second-order valence-corrected chi connectivity index (χ2v) is 5.80. The second kappa shape index (κ2) is 4.70. The first-order valence-corrected chi connectivity index (χ1v) is 6.85. The summed E-state index contributed by atoms with van der Waals surface area (Å²) in [4.78, 5) is 2.69.